The predicted molar refractivity (Wildman–Crippen MR) is 112 cm³/mol. The molecule has 0 aromatic rings. The Balaban J connectivity index is 2.00. The number of ether oxygens (including phenoxy) is 2. The minimum atomic E-state index is -1.20. The van der Waals surface area contributed by atoms with Gasteiger partial charge in [0, 0.05) is 20.6 Å². The van der Waals surface area contributed by atoms with Gasteiger partial charge in [0.15, 0.2) is 0 Å². The van der Waals surface area contributed by atoms with Gasteiger partial charge >= 0.3 is 6.03 Å². The Bertz CT molecular complexity index is 600. The van der Waals surface area contributed by atoms with Crippen molar-refractivity contribution in [2.24, 2.45) is 5.92 Å². The van der Waals surface area contributed by atoms with E-state index in [-0.39, 0.29) is 30.7 Å². The van der Waals surface area contributed by atoms with Crippen molar-refractivity contribution in [2.75, 3.05) is 13.3 Å². The second-order valence-corrected chi connectivity index (χ2v) is 14.9. The standard InChI is InChI=1S/C18H29IN2O4Si/c1-13(2)25-15-8-6-7-14(11-15)16-17(22)20(18(23)21(16)19)12-24-9-10-26(3,4)5/h6,8,11,13-14,16H,7,9-10,12H2,1-5H3/t14?,16-/m0/s1. The number of amides is 3. The van der Waals surface area contributed by atoms with E-state index in [9.17, 15) is 9.59 Å². The van der Waals surface area contributed by atoms with Gasteiger partial charge in [0.25, 0.3) is 5.91 Å². The van der Waals surface area contributed by atoms with Crippen molar-refractivity contribution < 1.29 is 19.1 Å². The molecule has 26 heavy (non-hydrogen) atoms. The van der Waals surface area contributed by atoms with Crippen molar-refractivity contribution in [1.82, 2.24) is 8.01 Å². The van der Waals surface area contributed by atoms with Crippen molar-refractivity contribution in [3.8, 4) is 0 Å². The number of halogens is 1. The smallest absolute Gasteiger partial charge is 0.338 e. The van der Waals surface area contributed by atoms with Crippen LogP contribution in [-0.2, 0) is 14.3 Å². The molecule has 2 aliphatic rings. The number of carbonyl (C=O) groups is 2. The third-order valence-electron chi connectivity index (χ3n) is 4.24. The summed E-state index contributed by atoms with van der Waals surface area (Å²) in [5.74, 6) is 0.470. The summed E-state index contributed by atoms with van der Waals surface area (Å²) < 4.78 is 12.9. The maximum atomic E-state index is 12.8. The number of rotatable bonds is 8. The summed E-state index contributed by atoms with van der Waals surface area (Å²) in [6, 6.07) is 0.189. The van der Waals surface area contributed by atoms with Gasteiger partial charge in [-0.3, -0.25) is 7.91 Å². The average Bonchev–Trinajstić information content (AvgIpc) is 2.73. The summed E-state index contributed by atoms with van der Waals surface area (Å²) in [6.07, 6.45) is 6.65. The summed E-state index contributed by atoms with van der Waals surface area (Å²) in [4.78, 5) is 26.6. The van der Waals surface area contributed by atoms with Crippen LogP contribution in [0.1, 0.15) is 20.3 Å². The first-order valence-electron chi connectivity index (χ1n) is 9.03. The number of nitrogens with zero attached hydrogens (tertiary/aromatic N) is 2. The van der Waals surface area contributed by atoms with Gasteiger partial charge in [-0.15, -0.1) is 0 Å². The fourth-order valence-corrected chi connectivity index (χ4v) is 4.50. The van der Waals surface area contributed by atoms with Crippen LogP contribution in [0.25, 0.3) is 0 Å². The third kappa shape index (κ3) is 5.56. The molecule has 146 valence electrons. The maximum absolute atomic E-state index is 12.8. The molecule has 1 aliphatic heterocycles. The Morgan fingerprint density at radius 3 is 2.62 bits per heavy atom. The van der Waals surface area contributed by atoms with E-state index >= 15 is 0 Å². The molecule has 1 aliphatic carbocycles. The summed E-state index contributed by atoms with van der Waals surface area (Å²) in [6.45, 7) is 11.3. The second-order valence-electron chi connectivity index (χ2n) is 8.19. The molecule has 0 aromatic carbocycles. The molecule has 0 spiro atoms. The first kappa shape index (κ1) is 21.4. The van der Waals surface area contributed by atoms with Gasteiger partial charge in [0.1, 0.15) is 18.5 Å². The van der Waals surface area contributed by atoms with Crippen LogP contribution in [0.3, 0.4) is 0 Å². The fraction of sp³-hybridized carbons (Fsp3) is 0.667. The van der Waals surface area contributed by atoms with Gasteiger partial charge in [-0.1, -0.05) is 25.7 Å². The second kappa shape index (κ2) is 8.88. The van der Waals surface area contributed by atoms with Crippen LogP contribution >= 0.6 is 22.9 Å². The highest BCUT2D eigenvalue weighted by Gasteiger charge is 2.47. The zero-order valence-corrected chi connectivity index (χ0v) is 19.4. The van der Waals surface area contributed by atoms with Crippen LogP contribution < -0.4 is 0 Å². The molecule has 2 atom stereocenters. The molecule has 2 rings (SSSR count). The number of hydrogen-bond donors (Lipinski definition) is 0. The molecule has 0 aromatic heterocycles. The van der Waals surface area contributed by atoms with Crippen LogP contribution in [0.2, 0.25) is 25.7 Å². The van der Waals surface area contributed by atoms with Crippen LogP contribution in [0.4, 0.5) is 4.79 Å². The van der Waals surface area contributed by atoms with Crippen LogP contribution in [0, 0.1) is 5.92 Å². The molecule has 1 heterocycles. The van der Waals surface area contributed by atoms with Gasteiger partial charge in [-0.25, -0.2) is 9.69 Å². The fourth-order valence-electron chi connectivity index (χ4n) is 2.84. The molecule has 0 bridgehead atoms. The molecular weight excluding hydrogens is 463 g/mol. The van der Waals surface area contributed by atoms with E-state index in [0.29, 0.717) is 13.0 Å². The van der Waals surface area contributed by atoms with Gasteiger partial charge in [-0.2, -0.15) is 0 Å². The molecule has 8 heteroatoms. The number of carbonyl (C=O) groups excluding carboxylic acids is 2. The molecule has 1 unspecified atom stereocenters. The summed E-state index contributed by atoms with van der Waals surface area (Å²) in [5.41, 5.74) is 0. The first-order valence-corrected chi connectivity index (χ1v) is 13.7. The van der Waals surface area contributed by atoms with Crippen LogP contribution in [-0.4, -0.2) is 53.5 Å². The Labute approximate surface area is 171 Å². The summed E-state index contributed by atoms with van der Waals surface area (Å²) in [5, 5.41) is 0. The SMILES string of the molecule is CC(C)OC1=CC([C@H]2C(=O)N(COCC[Si](C)(C)C)C(=O)N2I)CC=C1. The van der Waals surface area contributed by atoms with Crippen molar-refractivity contribution >= 4 is 42.9 Å². The largest absolute Gasteiger partial charge is 0.491 e. The number of imide groups is 1. The van der Waals surface area contributed by atoms with E-state index in [4.69, 9.17) is 9.47 Å². The van der Waals surface area contributed by atoms with Gasteiger partial charge in [0.2, 0.25) is 0 Å². The lowest BCUT2D eigenvalue weighted by Crippen LogP contribution is -2.37. The lowest BCUT2D eigenvalue weighted by Gasteiger charge is -2.25. The molecule has 0 N–H and O–H groups in total. The molecule has 6 nitrogen and oxygen atoms in total. The highest BCUT2D eigenvalue weighted by atomic mass is 127. The van der Waals surface area contributed by atoms with Crippen molar-refractivity contribution in [3.05, 3.63) is 24.0 Å². The van der Waals surface area contributed by atoms with E-state index in [2.05, 4.69) is 19.6 Å². The average molecular weight is 492 g/mol. The molecule has 1 fully saturated rings. The monoisotopic (exact) mass is 492 g/mol. The Hall–Kier alpha value is -0.873. The maximum Gasteiger partial charge on any atom is 0.338 e. The lowest BCUT2D eigenvalue weighted by molar-refractivity contribution is -0.132. The quantitative estimate of drug-likeness (QED) is 0.168. The normalized spacial score (nSPS) is 23.9. The first-order chi connectivity index (χ1) is 12.1. The van der Waals surface area contributed by atoms with E-state index < -0.39 is 14.1 Å². The van der Waals surface area contributed by atoms with E-state index in [1.54, 1.807) is 0 Å². The minimum Gasteiger partial charge on any atom is -0.491 e. The minimum absolute atomic E-state index is 0.0276. The number of allylic oxidation sites excluding steroid dienone is 2. The van der Waals surface area contributed by atoms with Crippen LogP contribution in [0.15, 0.2) is 24.0 Å². The Morgan fingerprint density at radius 1 is 1.31 bits per heavy atom. The van der Waals surface area contributed by atoms with Crippen molar-refractivity contribution in [3.63, 3.8) is 0 Å². The molecule has 0 saturated carbocycles. The number of urea groups is 1. The van der Waals surface area contributed by atoms with Crippen molar-refractivity contribution in [2.45, 2.75) is 58.1 Å². The zero-order chi connectivity index (χ0) is 19.5. The highest BCUT2D eigenvalue weighted by Crippen LogP contribution is 2.32. The molecular formula is C18H29IN2O4Si. The van der Waals surface area contributed by atoms with Gasteiger partial charge in [-0.05, 0) is 38.5 Å². The van der Waals surface area contributed by atoms with Crippen molar-refractivity contribution in [1.29, 1.82) is 0 Å². The van der Waals surface area contributed by atoms with E-state index in [1.165, 1.54) is 8.01 Å². The van der Waals surface area contributed by atoms with Gasteiger partial charge < -0.3 is 9.47 Å². The molecule has 1 saturated heterocycles. The van der Waals surface area contributed by atoms with E-state index in [1.807, 2.05) is 54.9 Å². The molecule has 3 amide bonds. The zero-order valence-electron chi connectivity index (χ0n) is 16.2. The predicted octanol–water partition coefficient (Wildman–Crippen LogP) is 4.17. The highest BCUT2D eigenvalue weighted by molar-refractivity contribution is 14.1. The van der Waals surface area contributed by atoms with Gasteiger partial charge in [0.05, 0.1) is 29.0 Å². The Morgan fingerprint density at radius 2 is 2.00 bits per heavy atom. The third-order valence-corrected chi connectivity index (χ3v) is 6.96. The number of hydrogen-bond acceptors (Lipinski definition) is 4. The Kier molecular flexibility index (Phi) is 7.32. The van der Waals surface area contributed by atoms with Crippen LogP contribution in [0.5, 0.6) is 0 Å². The van der Waals surface area contributed by atoms with E-state index in [0.717, 1.165) is 11.8 Å². The molecule has 0 radical (unpaired) electrons. The summed E-state index contributed by atoms with van der Waals surface area (Å²) >= 11 is 1.94. The summed E-state index contributed by atoms with van der Waals surface area (Å²) in [7, 11) is -1.20. The topological polar surface area (TPSA) is 59.1 Å². The lowest BCUT2D eigenvalue weighted by atomic mass is 9.92.